The zero-order chi connectivity index (χ0) is 13.8. The minimum atomic E-state index is -0.775. The van der Waals surface area contributed by atoms with Gasteiger partial charge in [0, 0.05) is 12.5 Å². The maximum Gasteiger partial charge on any atom is 0.223 e. The molecule has 2 unspecified atom stereocenters. The lowest BCUT2D eigenvalue weighted by atomic mass is 9.68. The summed E-state index contributed by atoms with van der Waals surface area (Å²) in [7, 11) is 0. The molecule has 18 heavy (non-hydrogen) atoms. The number of nitrogens with one attached hydrogen (secondary N) is 1. The maximum absolute atomic E-state index is 12.2. The van der Waals surface area contributed by atoms with E-state index in [-0.39, 0.29) is 17.2 Å². The second kappa shape index (κ2) is 6.05. The van der Waals surface area contributed by atoms with E-state index in [0.717, 1.165) is 32.1 Å². The SMILES string of the molecule is CCCC(C)(O)CNC(=O)C1CCCCC1(C)C. The molecule has 2 N–H and O–H groups in total. The van der Waals surface area contributed by atoms with Crippen molar-refractivity contribution in [2.45, 2.75) is 71.8 Å². The van der Waals surface area contributed by atoms with Gasteiger partial charge in [0.1, 0.15) is 0 Å². The highest BCUT2D eigenvalue weighted by Crippen LogP contribution is 2.40. The fraction of sp³-hybridized carbons (Fsp3) is 0.933. The lowest BCUT2D eigenvalue weighted by Gasteiger charge is -2.38. The van der Waals surface area contributed by atoms with E-state index in [1.165, 1.54) is 6.42 Å². The van der Waals surface area contributed by atoms with Crippen LogP contribution in [0, 0.1) is 11.3 Å². The summed E-state index contributed by atoms with van der Waals surface area (Å²) in [5.41, 5.74) is -0.678. The van der Waals surface area contributed by atoms with E-state index >= 15 is 0 Å². The van der Waals surface area contributed by atoms with Crippen LogP contribution in [0.4, 0.5) is 0 Å². The molecule has 0 aromatic rings. The van der Waals surface area contributed by atoms with Gasteiger partial charge < -0.3 is 10.4 Å². The molecular formula is C15H29NO2. The minimum absolute atomic E-state index is 0.0962. The van der Waals surface area contributed by atoms with Crippen molar-refractivity contribution in [3.63, 3.8) is 0 Å². The topological polar surface area (TPSA) is 49.3 Å². The molecule has 0 heterocycles. The summed E-state index contributed by atoms with van der Waals surface area (Å²) in [6.07, 6.45) is 6.13. The Balaban J connectivity index is 2.50. The highest BCUT2D eigenvalue weighted by Gasteiger charge is 2.37. The molecule has 106 valence electrons. The molecule has 1 aliphatic carbocycles. The van der Waals surface area contributed by atoms with Gasteiger partial charge in [0.05, 0.1) is 5.60 Å². The second-order valence-electron chi connectivity index (χ2n) is 6.75. The van der Waals surface area contributed by atoms with Crippen molar-refractivity contribution in [2.24, 2.45) is 11.3 Å². The summed E-state index contributed by atoms with van der Waals surface area (Å²) in [5, 5.41) is 13.0. The first-order valence-corrected chi connectivity index (χ1v) is 7.28. The predicted octanol–water partition coefficient (Wildman–Crippen LogP) is 2.87. The first kappa shape index (κ1) is 15.5. The first-order chi connectivity index (χ1) is 8.28. The number of carbonyl (C=O) groups is 1. The van der Waals surface area contributed by atoms with Gasteiger partial charge in [0.15, 0.2) is 0 Å². The van der Waals surface area contributed by atoms with E-state index in [9.17, 15) is 9.90 Å². The van der Waals surface area contributed by atoms with Crippen LogP contribution in [0.3, 0.4) is 0 Å². The number of hydrogen-bond acceptors (Lipinski definition) is 2. The molecule has 0 spiro atoms. The lowest BCUT2D eigenvalue weighted by Crippen LogP contribution is -2.46. The Morgan fingerprint density at radius 3 is 2.67 bits per heavy atom. The second-order valence-corrected chi connectivity index (χ2v) is 6.75. The molecule has 0 bridgehead atoms. The molecule has 0 aromatic heterocycles. The van der Waals surface area contributed by atoms with Gasteiger partial charge in [-0.3, -0.25) is 4.79 Å². The molecule has 1 amide bonds. The minimum Gasteiger partial charge on any atom is -0.388 e. The van der Waals surface area contributed by atoms with Gasteiger partial charge in [-0.2, -0.15) is 0 Å². The number of carbonyl (C=O) groups excluding carboxylic acids is 1. The molecule has 0 radical (unpaired) electrons. The molecule has 0 saturated heterocycles. The summed E-state index contributed by atoms with van der Waals surface area (Å²) in [6, 6.07) is 0. The lowest BCUT2D eigenvalue weighted by molar-refractivity contribution is -0.131. The third-order valence-electron chi connectivity index (χ3n) is 4.26. The Kier molecular flexibility index (Phi) is 5.20. The predicted molar refractivity (Wildman–Crippen MR) is 74.3 cm³/mol. The van der Waals surface area contributed by atoms with Crippen LogP contribution in [0.2, 0.25) is 0 Å². The number of hydrogen-bond donors (Lipinski definition) is 2. The van der Waals surface area contributed by atoms with Crippen LogP contribution in [0.25, 0.3) is 0 Å². The maximum atomic E-state index is 12.2. The summed E-state index contributed by atoms with van der Waals surface area (Å²) < 4.78 is 0. The molecule has 0 aromatic carbocycles. The Bertz CT molecular complexity index is 284. The average molecular weight is 255 g/mol. The van der Waals surface area contributed by atoms with E-state index < -0.39 is 5.60 Å². The van der Waals surface area contributed by atoms with Gasteiger partial charge in [-0.25, -0.2) is 0 Å². The zero-order valence-corrected chi connectivity index (χ0v) is 12.4. The van der Waals surface area contributed by atoms with Gasteiger partial charge in [-0.05, 0) is 31.6 Å². The van der Waals surface area contributed by atoms with E-state index in [4.69, 9.17) is 0 Å². The van der Waals surface area contributed by atoms with E-state index in [1.54, 1.807) is 6.92 Å². The van der Waals surface area contributed by atoms with Gasteiger partial charge in [-0.15, -0.1) is 0 Å². The Morgan fingerprint density at radius 2 is 2.11 bits per heavy atom. The highest BCUT2D eigenvalue weighted by molar-refractivity contribution is 5.79. The van der Waals surface area contributed by atoms with E-state index in [1.807, 2.05) is 6.92 Å². The van der Waals surface area contributed by atoms with Crippen LogP contribution in [-0.2, 0) is 4.79 Å². The Morgan fingerprint density at radius 1 is 1.44 bits per heavy atom. The van der Waals surface area contributed by atoms with Crippen molar-refractivity contribution in [2.75, 3.05) is 6.54 Å². The molecule has 3 heteroatoms. The quantitative estimate of drug-likeness (QED) is 0.793. The first-order valence-electron chi connectivity index (χ1n) is 7.28. The highest BCUT2D eigenvalue weighted by atomic mass is 16.3. The fourth-order valence-corrected chi connectivity index (χ4v) is 3.01. The number of rotatable bonds is 5. The summed E-state index contributed by atoms with van der Waals surface area (Å²) in [4.78, 5) is 12.2. The van der Waals surface area contributed by atoms with E-state index in [0.29, 0.717) is 6.54 Å². The van der Waals surface area contributed by atoms with Crippen LogP contribution in [0.1, 0.15) is 66.2 Å². The third-order valence-corrected chi connectivity index (χ3v) is 4.26. The molecule has 1 fully saturated rings. The monoisotopic (exact) mass is 255 g/mol. The van der Waals surface area contributed by atoms with Gasteiger partial charge >= 0.3 is 0 Å². The van der Waals surface area contributed by atoms with Crippen LogP contribution >= 0.6 is 0 Å². The Hall–Kier alpha value is -0.570. The average Bonchev–Trinajstić information content (AvgIpc) is 2.25. The van der Waals surface area contributed by atoms with Crippen molar-refractivity contribution in [3.05, 3.63) is 0 Å². The molecule has 1 aliphatic rings. The largest absolute Gasteiger partial charge is 0.388 e. The van der Waals surface area contributed by atoms with Crippen LogP contribution in [0.5, 0.6) is 0 Å². The Labute approximate surface area is 111 Å². The molecule has 1 rings (SSSR count). The molecule has 1 saturated carbocycles. The van der Waals surface area contributed by atoms with Crippen molar-refractivity contribution in [3.8, 4) is 0 Å². The van der Waals surface area contributed by atoms with Crippen molar-refractivity contribution in [1.82, 2.24) is 5.32 Å². The number of aliphatic hydroxyl groups is 1. The smallest absolute Gasteiger partial charge is 0.223 e. The fourth-order valence-electron chi connectivity index (χ4n) is 3.01. The van der Waals surface area contributed by atoms with Gasteiger partial charge in [0.2, 0.25) is 5.91 Å². The number of amides is 1. The van der Waals surface area contributed by atoms with Crippen molar-refractivity contribution in [1.29, 1.82) is 0 Å². The van der Waals surface area contributed by atoms with Crippen LogP contribution < -0.4 is 5.32 Å². The van der Waals surface area contributed by atoms with Crippen LogP contribution in [-0.4, -0.2) is 23.2 Å². The zero-order valence-electron chi connectivity index (χ0n) is 12.4. The molecule has 3 nitrogen and oxygen atoms in total. The van der Waals surface area contributed by atoms with Gasteiger partial charge in [-0.1, -0.05) is 40.0 Å². The standard InChI is InChI=1S/C15H29NO2/c1-5-9-15(4,18)11-16-13(17)12-8-6-7-10-14(12,2)3/h12,18H,5-11H2,1-4H3,(H,16,17). The van der Waals surface area contributed by atoms with Crippen molar-refractivity contribution < 1.29 is 9.90 Å². The summed E-state index contributed by atoms with van der Waals surface area (Å²) >= 11 is 0. The van der Waals surface area contributed by atoms with Gasteiger partial charge in [0.25, 0.3) is 0 Å². The summed E-state index contributed by atoms with van der Waals surface area (Å²) in [6.45, 7) is 8.57. The molecule has 2 atom stereocenters. The normalized spacial score (nSPS) is 26.4. The molecular weight excluding hydrogens is 226 g/mol. The van der Waals surface area contributed by atoms with Crippen LogP contribution in [0.15, 0.2) is 0 Å². The van der Waals surface area contributed by atoms with E-state index in [2.05, 4.69) is 19.2 Å². The summed E-state index contributed by atoms with van der Waals surface area (Å²) in [5.74, 6) is 0.222. The molecule has 0 aliphatic heterocycles. The van der Waals surface area contributed by atoms with Crippen molar-refractivity contribution >= 4 is 5.91 Å². The third kappa shape index (κ3) is 4.27.